The Morgan fingerprint density at radius 2 is 1.74 bits per heavy atom. The van der Waals surface area contributed by atoms with Crippen LogP contribution in [0.25, 0.3) is 11.1 Å². The first-order valence-corrected chi connectivity index (χ1v) is 9.96. The molecule has 0 saturated carbocycles. The standard InChI is InChI=1S/C21H22N4O9/c1-31-16-9-12(10-17(32-2)19(16)33-3)20(27)23-22-18(26)5-4-8-24-14-7-6-13(25(29)30)11-15(14)34-21(24)28/h6-7,9-11H,4-5,8H2,1-3H3,(H,22,26)(H,23,27). The lowest BCUT2D eigenvalue weighted by Gasteiger charge is -2.14. The number of nitro groups is 1. The lowest BCUT2D eigenvalue weighted by molar-refractivity contribution is -0.384. The van der Waals surface area contributed by atoms with E-state index in [4.69, 9.17) is 18.6 Å². The quantitative estimate of drug-likeness (QED) is 0.347. The number of benzene rings is 2. The summed E-state index contributed by atoms with van der Waals surface area (Å²) in [4.78, 5) is 46.9. The summed E-state index contributed by atoms with van der Waals surface area (Å²) in [5.74, 6) is -0.903. The van der Waals surface area contributed by atoms with Crippen molar-refractivity contribution in [2.75, 3.05) is 21.3 Å². The average molecular weight is 474 g/mol. The van der Waals surface area contributed by atoms with Crippen LogP contribution in [0, 0.1) is 10.1 Å². The van der Waals surface area contributed by atoms with Crippen molar-refractivity contribution < 1.29 is 33.1 Å². The lowest BCUT2D eigenvalue weighted by atomic mass is 10.1. The molecule has 3 aromatic rings. The maximum Gasteiger partial charge on any atom is 0.419 e. The number of hydrazine groups is 1. The summed E-state index contributed by atoms with van der Waals surface area (Å²) in [5.41, 5.74) is 5.03. The Hall–Kier alpha value is -4.55. The number of carbonyl (C=O) groups excluding carboxylic acids is 2. The zero-order valence-electron chi connectivity index (χ0n) is 18.6. The number of amides is 2. The molecule has 0 unspecified atom stereocenters. The van der Waals surface area contributed by atoms with Crippen LogP contribution in [0.5, 0.6) is 17.2 Å². The molecular weight excluding hydrogens is 452 g/mol. The van der Waals surface area contributed by atoms with Gasteiger partial charge in [0.05, 0.1) is 37.8 Å². The second kappa shape index (κ2) is 10.4. The van der Waals surface area contributed by atoms with Gasteiger partial charge < -0.3 is 18.6 Å². The van der Waals surface area contributed by atoms with Crippen molar-refractivity contribution in [1.29, 1.82) is 0 Å². The van der Waals surface area contributed by atoms with Crippen LogP contribution < -0.4 is 30.8 Å². The summed E-state index contributed by atoms with van der Waals surface area (Å²) >= 11 is 0. The molecule has 2 amide bonds. The molecule has 180 valence electrons. The Morgan fingerprint density at radius 3 is 2.32 bits per heavy atom. The van der Waals surface area contributed by atoms with Crippen LogP contribution in [0.3, 0.4) is 0 Å². The first-order valence-electron chi connectivity index (χ1n) is 9.96. The van der Waals surface area contributed by atoms with Gasteiger partial charge in [-0.2, -0.15) is 0 Å². The molecule has 0 aliphatic rings. The summed E-state index contributed by atoms with van der Waals surface area (Å²) < 4.78 is 21.9. The Bertz CT molecular complexity index is 1270. The number of hydrogen-bond donors (Lipinski definition) is 2. The maximum absolute atomic E-state index is 12.4. The highest BCUT2D eigenvalue weighted by Gasteiger charge is 2.18. The molecule has 13 nitrogen and oxygen atoms in total. The molecule has 13 heteroatoms. The molecule has 0 radical (unpaired) electrons. The maximum atomic E-state index is 12.4. The molecule has 0 bridgehead atoms. The van der Waals surface area contributed by atoms with Gasteiger partial charge in [0.1, 0.15) is 0 Å². The SMILES string of the molecule is COc1cc(C(=O)NNC(=O)CCCn2c(=O)oc3cc([N+](=O)[O-])ccc32)cc(OC)c1OC. The van der Waals surface area contributed by atoms with Crippen LogP contribution in [-0.2, 0) is 11.3 Å². The minimum Gasteiger partial charge on any atom is -0.493 e. The third kappa shape index (κ3) is 5.09. The summed E-state index contributed by atoms with van der Waals surface area (Å²) in [6.07, 6.45) is 0.235. The predicted molar refractivity (Wildman–Crippen MR) is 118 cm³/mol. The molecule has 0 aliphatic carbocycles. The zero-order valence-corrected chi connectivity index (χ0v) is 18.6. The van der Waals surface area contributed by atoms with E-state index in [-0.39, 0.29) is 47.7 Å². The Balaban J connectivity index is 1.57. The fraction of sp³-hybridized carbons (Fsp3) is 0.286. The number of fused-ring (bicyclic) bond motifs is 1. The van der Waals surface area contributed by atoms with Gasteiger partial charge in [0.15, 0.2) is 17.1 Å². The number of nitro benzene ring substituents is 1. The Kier molecular flexibility index (Phi) is 7.36. The molecule has 3 rings (SSSR count). The van der Waals surface area contributed by atoms with Crippen molar-refractivity contribution in [2.45, 2.75) is 19.4 Å². The van der Waals surface area contributed by atoms with Crippen LogP contribution >= 0.6 is 0 Å². The van der Waals surface area contributed by atoms with E-state index in [1.54, 1.807) is 0 Å². The number of rotatable bonds is 9. The summed E-state index contributed by atoms with van der Waals surface area (Å²) in [5, 5.41) is 10.9. The Labute approximate surface area is 192 Å². The fourth-order valence-electron chi connectivity index (χ4n) is 3.25. The van der Waals surface area contributed by atoms with Gasteiger partial charge in [0, 0.05) is 24.6 Å². The van der Waals surface area contributed by atoms with Crippen molar-refractivity contribution in [3.8, 4) is 17.2 Å². The van der Waals surface area contributed by atoms with Crippen LogP contribution in [0.15, 0.2) is 39.5 Å². The van der Waals surface area contributed by atoms with Gasteiger partial charge in [-0.15, -0.1) is 0 Å². The van der Waals surface area contributed by atoms with Gasteiger partial charge in [-0.25, -0.2) is 4.79 Å². The van der Waals surface area contributed by atoms with E-state index >= 15 is 0 Å². The van der Waals surface area contributed by atoms with Crippen molar-refractivity contribution in [3.63, 3.8) is 0 Å². The molecule has 2 N–H and O–H groups in total. The van der Waals surface area contributed by atoms with E-state index in [1.165, 1.54) is 56.2 Å². The molecule has 34 heavy (non-hydrogen) atoms. The number of carbonyl (C=O) groups is 2. The second-order valence-corrected chi connectivity index (χ2v) is 6.95. The third-order valence-corrected chi connectivity index (χ3v) is 4.89. The van der Waals surface area contributed by atoms with E-state index < -0.39 is 22.5 Å². The van der Waals surface area contributed by atoms with Crippen LogP contribution in [0.4, 0.5) is 5.69 Å². The highest BCUT2D eigenvalue weighted by Crippen LogP contribution is 2.38. The molecule has 0 atom stereocenters. The smallest absolute Gasteiger partial charge is 0.419 e. The number of oxazole rings is 1. The van der Waals surface area contributed by atoms with Crippen LogP contribution in [0.1, 0.15) is 23.2 Å². The largest absolute Gasteiger partial charge is 0.493 e. The number of ether oxygens (including phenoxy) is 3. The number of hydrogen-bond acceptors (Lipinski definition) is 9. The number of aryl methyl sites for hydroxylation is 1. The predicted octanol–water partition coefficient (Wildman–Crippen LogP) is 1.77. The molecule has 0 aliphatic heterocycles. The van der Waals surface area contributed by atoms with E-state index in [9.17, 15) is 24.5 Å². The summed E-state index contributed by atoms with van der Waals surface area (Å²) in [6.45, 7) is 0.137. The van der Waals surface area contributed by atoms with Crippen LogP contribution in [-0.4, -0.2) is 42.6 Å². The highest BCUT2D eigenvalue weighted by molar-refractivity contribution is 5.96. The monoisotopic (exact) mass is 474 g/mol. The van der Waals surface area contributed by atoms with Gasteiger partial charge in [0.25, 0.3) is 11.6 Å². The Morgan fingerprint density at radius 1 is 1.06 bits per heavy atom. The number of non-ortho nitro benzene ring substituents is 1. The lowest BCUT2D eigenvalue weighted by Crippen LogP contribution is -2.41. The van der Waals surface area contributed by atoms with Gasteiger partial charge in [0.2, 0.25) is 11.7 Å². The van der Waals surface area contributed by atoms with Gasteiger partial charge in [-0.1, -0.05) is 0 Å². The first kappa shape index (κ1) is 24.1. The number of methoxy groups -OCH3 is 3. The first-order chi connectivity index (χ1) is 16.3. The average Bonchev–Trinajstić information content (AvgIpc) is 3.15. The van der Waals surface area contributed by atoms with Crippen molar-refractivity contribution in [1.82, 2.24) is 15.4 Å². The second-order valence-electron chi connectivity index (χ2n) is 6.95. The topological polar surface area (TPSA) is 164 Å². The molecule has 0 spiro atoms. The highest BCUT2D eigenvalue weighted by atomic mass is 16.6. The third-order valence-electron chi connectivity index (χ3n) is 4.89. The minimum atomic E-state index is -0.688. The van der Waals surface area contributed by atoms with Gasteiger partial charge >= 0.3 is 5.76 Å². The molecule has 0 fully saturated rings. The number of nitrogens with zero attached hydrogens (tertiary/aromatic N) is 2. The fourth-order valence-corrected chi connectivity index (χ4v) is 3.25. The molecule has 1 heterocycles. The van der Waals surface area contributed by atoms with Crippen LogP contribution in [0.2, 0.25) is 0 Å². The zero-order chi connectivity index (χ0) is 24.8. The van der Waals surface area contributed by atoms with Crippen molar-refractivity contribution in [2.24, 2.45) is 0 Å². The van der Waals surface area contributed by atoms with E-state index in [0.717, 1.165) is 0 Å². The minimum absolute atomic E-state index is 0.0123. The molecule has 2 aromatic carbocycles. The van der Waals surface area contributed by atoms with E-state index in [0.29, 0.717) is 11.3 Å². The van der Waals surface area contributed by atoms with E-state index in [2.05, 4.69) is 10.9 Å². The van der Waals surface area contributed by atoms with Crippen molar-refractivity contribution >= 4 is 28.6 Å². The summed E-state index contributed by atoms with van der Waals surface area (Å²) in [6, 6.07) is 6.71. The summed E-state index contributed by atoms with van der Waals surface area (Å²) in [7, 11) is 4.26. The molecule has 1 aromatic heterocycles. The van der Waals surface area contributed by atoms with Gasteiger partial charge in [-0.05, 0) is 24.6 Å². The molecular formula is C21H22N4O9. The normalized spacial score (nSPS) is 10.6. The number of nitrogens with one attached hydrogen (secondary N) is 2. The van der Waals surface area contributed by atoms with Crippen molar-refractivity contribution in [3.05, 3.63) is 56.6 Å². The van der Waals surface area contributed by atoms with E-state index in [1.807, 2.05) is 0 Å². The van der Waals surface area contributed by atoms with Gasteiger partial charge in [-0.3, -0.25) is 35.1 Å². The molecule has 0 saturated heterocycles. The number of aromatic nitrogens is 1.